The maximum atomic E-state index is 5.88. The van der Waals surface area contributed by atoms with Crippen LogP contribution in [0.25, 0.3) is 0 Å². The number of benzene rings is 1. The molecule has 1 aromatic carbocycles. The lowest BCUT2D eigenvalue weighted by molar-refractivity contribution is 0.169. The van der Waals surface area contributed by atoms with Crippen molar-refractivity contribution in [2.45, 2.75) is 31.8 Å². The van der Waals surface area contributed by atoms with Crippen molar-refractivity contribution in [1.29, 1.82) is 0 Å². The molecule has 0 amide bonds. The zero-order chi connectivity index (χ0) is 13.9. The molecule has 2 aliphatic rings. The van der Waals surface area contributed by atoms with Crippen molar-refractivity contribution in [3.8, 4) is 11.5 Å². The summed E-state index contributed by atoms with van der Waals surface area (Å²) in [5, 5.41) is 0. The summed E-state index contributed by atoms with van der Waals surface area (Å²) in [4.78, 5) is 2.44. The molecule has 1 aromatic rings. The van der Waals surface area contributed by atoms with E-state index in [-0.39, 0.29) is 0 Å². The summed E-state index contributed by atoms with van der Waals surface area (Å²) < 4.78 is 11.2. The highest BCUT2D eigenvalue weighted by molar-refractivity contribution is 5.43. The Morgan fingerprint density at radius 2 is 2.00 bits per heavy atom. The highest BCUT2D eigenvalue weighted by atomic mass is 16.6. The molecule has 0 radical (unpaired) electrons. The van der Waals surface area contributed by atoms with Crippen LogP contribution in [0.15, 0.2) is 18.2 Å². The Kier molecular flexibility index (Phi) is 4.13. The standard InChI is InChI=1S/C16H24N2O2/c1-18(14-4-2-3-13(14)10-17)11-12-5-6-15-16(9-12)20-8-7-19-15/h5-6,9,13-14H,2-4,7-8,10-11,17H2,1H3. The predicted molar refractivity (Wildman–Crippen MR) is 79.1 cm³/mol. The van der Waals surface area contributed by atoms with Crippen molar-refractivity contribution >= 4 is 0 Å². The van der Waals surface area contributed by atoms with Crippen LogP contribution in [0, 0.1) is 5.92 Å². The second kappa shape index (κ2) is 6.02. The Morgan fingerprint density at radius 3 is 2.80 bits per heavy atom. The topological polar surface area (TPSA) is 47.7 Å². The minimum absolute atomic E-state index is 0.619. The van der Waals surface area contributed by atoms with Crippen LogP contribution in [0.5, 0.6) is 11.5 Å². The third kappa shape index (κ3) is 2.76. The van der Waals surface area contributed by atoms with Crippen LogP contribution >= 0.6 is 0 Å². The summed E-state index contributed by atoms with van der Waals surface area (Å²) in [6, 6.07) is 6.88. The lowest BCUT2D eigenvalue weighted by Crippen LogP contribution is -2.37. The van der Waals surface area contributed by atoms with Gasteiger partial charge in [-0.15, -0.1) is 0 Å². The SMILES string of the molecule is CN(Cc1ccc2c(c1)OCCO2)C1CCCC1CN. The predicted octanol–water partition coefficient (Wildman–Crippen LogP) is 2.02. The van der Waals surface area contributed by atoms with Gasteiger partial charge in [-0.25, -0.2) is 0 Å². The molecule has 1 fully saturated rings. The lowest BCUT2D eigenvalue weighted by atomic mass is 10.0. The second-order valence-corrected chi connectivity index (χ2v) is 5.89. The van der Waals surface area contributed by atoms with Gasteiger partial charge in [0.05, 0.1) is 0 Å². The molecule has 1 heterocycles. The number of nitrogens with zero attached hydrogens (tertiary/aromatic N) is 1. The average Bonchev–Trinajstić information content (AvgIpc) is 2.95. The largest absolute Gasteiger partial charge is 0.486 e. The molecule has 0 aromatic heterocycles. The van der Waals surface area contributed by atoms with Gasteiger partial charge in [0.25, 0.3) is 0 Å². The second-order valence-electron chi connectivity index (χ2n) is 5.89. The van der Waals surface area contributed by atoms with Crippen LogP contribution < -0.4 is 15.2 Å². The Balaban J connectivity index is 1.68. The number of rotatable bonds is 4. The Labute approximate surface area is 120 Å². The normalized spacial score (nSPS) is 25.1. The van der Waals surface area contributed by atoms with E-state index in [1.807, 2.05) is 6.07 Å². The number of nitrogens with two attached hydrogens (primary N) is 1. The van der Waals surface area contributed by atoms with Crippen molar-refractivity contribution in [3.63, 3.8) is 0 Å². The van der Waals surface area contributed by atoms with Gasteiger partial charge >= 0.3 is 0 Å². The maximum Gasteiger partial charge on any atom is 0.161 e. The molecule has 1 saturated carbocycles. The monoisotopic (exact) mass is 276 g/mol. The molecule has 2 atom stereocenters. The molecule has 1 aliphatic carbocycles. The fraction of sp³-hybridized carbons (Fsp3) is 0.625. The van der Waals surface area contributed by atoms with Crippen molar-refractivity contribution in [2.24, 2.45) is 11.7 Å². The van der Waals surface area contributed by atoms with Gasteiger partial charge in [0, 0.05) is 12.6 Å². The van der Waals surface area contributed by atoms with E-state index >= 15 is 0 Å². The minimum Gasteiger partial charge on any atom is -0.486 e. The van der Waals surface area contributed by atoms with Crippen molar-refractivity contribution < 1.29 is 9.47 Å². The molecular formula is C16H24N2O2. The number of ether oxygens (including phenoxy) is 2. The van der Waals surface area contributed by atoms with Gasteiger partial charge in [-0.2, -0.15) is 0 Å². The van der Waals surface area contributed by atoms with Crippen LogP contribution in [-0.4, -0.2) is 37.7 Å². The van der Waals surface area contributed by atoms with Crippen LogP contribution in [0.2, 0.25) is 0 Å². The average molecular weight is 276 g/mol. The fourth-order valence-electron chi connectivity index (χ4n) is 3.46. The first-order valence-electron chi connectivity index (χ1n) is 7.57. The van der Waals surface area contributed by atoms with Crippen molar-refractivity contribution in [2.75, 3.05) is 26.8 Å². The van der Waals surface area contributed by atoms with Crippen molar-refractivity contribution in [1.82, 2.24) is 4.90 Å². The Bertz CT molecular complexity index is 464. The summed E-state index contributed by atoms with van der Waals surface area (Å²) in [6.45, 7) is 3.03. The number of fused-ring (bicyclic) bond motifs is 1. The smallest absolute Gasteiger partial charge is 0.161 e. The molecule has 1 aliphatic heterocycles. The number of hydrogen-bond donors (Lipinski definition) is 1. The van der Waals surface area contributed by atoms with Gasteiger partial charge in [-0.1, -0.05) is 12.5 Å². The first kappa shape index (κ1) is 13.7. The molecule has 110 valence electrons. The van der Waals surface area contributed by atoms with E-state index in [4.69, 9.17) is 15.2 Å². The van der Waals surface area contributed by atoms with Crippen molar-refractivity contribution in [3.05, 3.63) is 23.8 Å². The van der Waals surface area contributed by atoms with Gasteiger partial charge in [-0.05, 0) is 50.0 Å². The third-order valence-corrected chi connectivity index (χ3v) is 4.53. The summed E-state index contributed by atoms with van der Waals surface area (Å²) in [5.41, 5.74) is 7.16. The summed E-state index contributed by atoms with van der Waals surface area (Å²) in [7, 11) is 2.20. The van der Waals surface area contributed by atoms with Gasteiger partial charge in [0.1, 0.15) is 13.2 Å². The third-order valence-electron chi connectivity index (χ3n) is 4.53. The van der Waals surface area contributed by atoms with E-state index in [1.165, 1.54) is 24.8 Å². The first-order chi connectivity index (χ1) is 9.78. The van der Waals surface area contributed by atoms with Crippen LogP contribution in [0.1, 0.15) is 24.8 Å². The van der Waals surface area contributed by atoms with Crippen LogP contribution in [0.4, 0.5) is 0 Å². The van der Waals surface area contributed by atoms with E-state index in [0.717, 1.165) is 24.6 Å². The highest BCUT2D eigenvalue weighted by Crippen LogP contribution is 2.33. The summed E-state index contributed by atoms with van der Waals surface area (Å²) >= 11 is 0. The van der Waals surface area contributed by atoms with E-state index in [1.54, 1.807) is 0 Å². The van der Waals surface area contributed by atoms with E-state index in [9.17, 15) is 0 Å². The fourth-order valence-corrected chi connectivity index (χ4v) is 3.46. The molecule has 2 unspecified atom stereocenters. The quantitative estimate of drug-likeness (QED) is 0.914. The summed E-state index contributed by atoms with van der Waals surface area (Å²) in [6.07, 6.45) is 3.84. The molecule has 4 nitrogen and oxygen atoms in total. The maximum absolute atomic E-state index is 5.88. The molecule has 4 heteroatoms. The molecular weight excluding hydrogens is 252 g/mol. The van der Waals surface area contributed by atoms with E-state index < -0.39 is 0 Å². The van der Waals surface area contributed by atoms with Gasteiger partial charge in [-0.3, -0.25) is 4.90 Å². The van der Waals surface area contributed by atoms with E-state index in [0.29, 0.717) is 25.2 Å². The van der Waals surface area contributed by atoms with Gasteiger partial charge in [0.2, 0.25) is 0 Å². The van der Waals surface area contributed by atoms with Crippen LogP contribution in [-0.2, 0) is 6.54 Å². The minimum atomic E-state index is 0.619. The Morgan fingerprint density at radius 1 is 1.20 bits per heavy atom. The van der Waals surface area contributed by atoms with E-state index in [2.05, 4.69) is 24.1 Å². The van der Waals surface area contributed by atoms with Gasteiger partial charge < -0.3 is 15.2 Å². The zero-order valence-corrected chi connectivity index (χ0v) is 12.2. The molecule has 0 bridgehead atoms. The molecule has 20 heavy (non-hydrogen) atoms. The molecule has 3 rings (SSSR count). The highest BCUT2D eigenvalue weighted by Gasteiger charge is 2.29. The Hall–Kier alpha value is -1.26. The lowest BCUT2D eigenvalue weighted by Gasteiger charge is -2.29. The molecule has 2 N–H and O–H groups in total. The van der Waals surface area contributed by atoms with Gasteiger partial charge in [0.15, 0.2) is 11.5 Å². The van der Waals surface area contributed by atoms with Crippen LogP contribution in [0.3, 0.4) is 0 Å². The number of hydrogen-bond acceptors (Lipinski definition) is 4. The zero-order valence-electron chi connectivity index (χ0n) is 12.2. The first-order valence-corrected chi connectivity index (χ1v) is 7.57. The summed E-state index contributed by atoms with van der Waals surface area (Å²) in [5.74, 6) is 2.39. The molecule has 0 spiro atoms. The molecule has 0 saturated heterocycles.